The van der Waals surface area contributed by atoms with Crippen molar-refractivity contribution in [3.8, 4) is 0 Å². The lowest BCUT2D eigenvalue weighted by atomic mass is 9.88. The standard InChI is InChI=1S/C9H14F3NO4S/c10-9(11,12)8(14)17-18(15,16)5-6-1-3-7(13)4-2-6/h6-7H,1-5,13H2. The second-order valence-electron chi connectivity index (χ2n) is 4.37. The van der Waals surface area contributed by atoms with E-state index in [1.54, 1.807) is 0 Å². The molecule has 0 atom stereocenters. The van der Waals surface area contributed by atoms with Crippen LogP contribution in [0.15, 0.2) is 0 Å². The van der Waals surface area contributed by atoms with Crippen molar-refractivity contribution in [1.29, 1.82) is 0 Å². The van der Waals surface area contributed by atoms with Gasteiger partial charge in [0.05, 0.1) is 5.75 Å². The van der Waals surface area contributed by atoms with Gasteiger partial charge < -0.3 is 9.92 Å². The molecule has 0 spiro atoms. The van der Waals surface area contributed by atoms with Crippen LogP contribution < -0.4 is 5.73 Å². The third-order valence-electron chi connectivity index (χ3n) is 2.77. The zero-order valence-electron chi connectivity index (χ0n) is 9.44. The van der Waals surface area contributed by atoms with Gasteiger partial charge in [0.25, 0.3) is 0 Å². The normalized spacial score (nSPS) is 25.8. The number of carbonyl (C=O) groups excluding carboxylic acids is 1. The number of alkyl halides is 3. The molecule has 0 aliphatic heterocycles. The number of rotatable bonds is 3. The Labute approximate surface area is 103 Å². The van der Waals surface area contributed by atoms with Crippen molar-refractivity contribution in [3.05, 3.63) is 0 Å². The highest BCUT2D eigenvalue weighted by atomic mass is 32.2. The maximum atomic E-state index is 11.9. The van der Waals surface area contributed by atoms with Crippen molar-refractivity contribution in [2.45, 2.75) is 37.9 Å². The number of hydrogen-bond donors (Lipinski definition) is 1. The summed E-state index contributed by atoms with van der Waals surface area (Å²) >= 11 is 0. The van der Waals surface area contributed by atoms with Gasteiger partial charge in [0, 0.05) is 6.04 Å². The highest BCUT2D eigenvalue weighted by Crippen LogP contribution is 2.26. The second-order valence-corrected chi connectivity index (χ2v) is 5.99. The predicted octanol–water partition coefficient (Wildman–Crippen LogP) is 0.939. The van der Waals surface area contributed by atoms with Crippen molar-refractivity contribution in [3.63, 3.8) is 0 Å². The molecule has 1 fully saturated rings. The summed E-state index contributed by atoms with van der Waals surface area (Å²) in [6.45, 7) is 0. The Kier molecular flexibility index (Phi) is 4.60. The summed E-state index contributed by atoms with van der Waals surface area (Å²) in [4.78, 5) is 10.4. The molecular formula is C9H14F3NO4S. The second kappa shape index (κ2) is 5.43. The molecule has 0 saturated heterocycles. The number of halogens is 3. The monoisotopic (exact) mass is 289 g/mol. The molecule has 0 aromatic heterocycles. The van der Waals surface area contributed by atoms with Crippen molar-refractivity contribution in [1.82, 2.24) is 0 Å². The zero-order chi connectivity index (χ0) is 14.0. The first-order chi connectivity index (χ1) is 8.10. The Morgan fingerprint density at radius 1 is 1.22 bits per heavy atom. The minimum absolute atomic E-state index is 0.00156. The van der Waals surface area contributed by atoms with Crippen LogP contribution in [0.2, 0.25) is 0 Å². The Morgan fingerprint density at radius 3 is 2.17 bits per heavy atom. The molecule has 9 heteroatoms. The minimum atomic E-state index is -5.30. The summed E-state index contributed by atoms with van der Waals surface area (Å²) in [5.74, 6) is -3.59. The molecule has 1 aliphatic carbocycles. The number of carbonyl (C=O) groups is 1. The van der Waals surface area contributed by atoms with Crippen LogP contribution in [0.4, 0.5) is 13.2 Å². The van der Waals surface area contributed by atoms with E-state index in [1.165, 1.54) is 0 Å². The molecule has 18 heavy (non-hydrogen) atoms. The summed E-state index contributed by atoms with van der Waals surface area (Å²) in [5, 5.41) is 0. The lowest BCUT2D eigenvalue weighted by Gasteiger charge is -2.25. The van der Waals surface area contributed by atoms with E-state index >= 15 is 0 Å². The first kappa shape index (κ1) is 15.2. The van der Waals surface area contributed by atoms with E-state index in [0.717, 1.165) is 0 Å². The summed E-state index contributed by atoms with van der Waals surface area (Å²) in [7, 11) is -4.49. The molecule has 1 rings (SSSR count). The maximum absolute atomic E-state index is 11.9. The van der Waals surface area contributed by atoms with E-state index < -0.39 is 28.0 Å². The van der Waals surface area contributed by atoms with Crippen LogP contribution in [0, 0.1) is 5.92 Å². The quantitative estimate of drug-likeness (QED) is 0.781. The van der Waals surface area contributed by atoms with E-state index in [2.05, 4.69) is 4.18 Å². The fraction of sp³-hybridized carbons (Fsp3) is 0.889. The molecule has 2 N–H and O–H groups in total. The van der Waals surface area contributed by atoms with E-state index in [4.69, 9.17) is 5.73 Å². The van der Waals surface area contributed by atoms with Crippen molar-refractivity contribution < 1.29 is 30.6 Å². The van der Waals surface area contributed by atoms with Crippen LogP contribution in [0.5, 0.6) is 0 Å². The van der Waals surface area contributed by atoms with Gasteiger partial charge in [0.1, 0.15) is 0 Å². The Bertz CT molecular complexity index is 399. The first-order valence-electron chi connectivity index (χ1n) is 5.39. The van der Waals surface area contributed by atoms with Gasteiger partial charge in [0.15, 0.2) is 0 Å². The fourth-order valence-corrected chi connectivity index (χ4v) is 3.14. The summed E-state index contributed by atoms with van der Waals surface area (Å²) in [5.41, 5.74) is 5.61. The summed E-state index contributed by atoms with van der Waals surface area (Å²) < 4.78 is 61.6. The highest BCUT2D eigenvalue weighted by molar-refractivity contribution is 7.87. The molecule has 0 radical (unpaired) electrons. The van der Waals surface area contributed by atoms with Gasteiger partial charge in [-0.15, -0.1) is 0 Å². The summed E-state index contributed by atoms with van der Waals surface area (Å²) in [6, 6.07) is 0.00156. The first-order valence-corrected chi connectivity index (χ1v) is 6.97. The number of hydrogen-bond acceptors (Lipinski definition) is 5. The van der Waals surface area contributed by atoms with Crippen molar-refractivity contribution in [2.24, 2.45) is 11.7 Å². The average molecular weight is 289 g/mol. The fourth-order valence-electron chi connectivity index (χ4n) is 1.84. The molecule has 0 amide bonds. The molecule has 1 aliphatic rings. The van der Waals surface area contributed by atoms with Crippen molar-refractivity contribution in [2.75, 3.05) is 5.75 Å². The summed E-state index contributed by atoms with van der Waals surface area (Å²) in [6.07, 6.45) is -3.06. The van der Waals surface area contributed by atoms with Gasteiger partial charge in [-0.1, -0.05) is 0 Å². The SMILES string of the molecule is NC1CCC(CS(=O)(=O)OC(=O)C(F)(F)F)CC1. The van der Waals surface area contributed by atoms with Gasteiger partial charge in [0.2, 0.25) is 0 Å². The predicted molar refractivity (Wildman–Crippen MR) is 55.9 cm³/mol. The van der Waals surface area contributed by atoms with Gasteiger partial charge in [-0.2, -0.15) is 21.6 Å². The average Bonchev–Trinajstić information content (AvgIpc) is 2.19. The van der Waals surface area contributed by atoms with E-state index in [0.29, 0.717) is 25.7 Å². The molecule has 106 valence electrons. The molecule has 0 aromatic carbocycles. The van der Waals surface area contributed by atoms with E-state index in [1.807, 2.05) is 0 Å². The Morgan fingerprint density at radius 2 is 1.72 bits per heavy atom. The van der Waals surface area contributed by atoms with Gasteiger partial charge in [-0.25, -0.2) is 4.79 Å². The smallest absolute Gasteiger partial charge is 0.338 e. The molecule has 0 aromatic rings. The minimum Gasteiger partial charge on any atom is -0.338 e. The third kappa shape index (κ3) is 4.81. The van der Waals surface area contributed by atoms with Gasteiger partial charge >= 0.3 is 22.3 Å². The zero-order valence-corrected chi connectivity index (χ0v) is 10.3. The van der Waals surface area contributed by atoms with Gasteiger partial charge in [-0.05, 0) is 31.6 Å². The number of nitrogens with two attached hydrogens (primary N) is 1. The maximum Gasteiger partial charge on any atom is 0.492 e. The van der Waals surface area contributed by atoms with Crippen LogP contribution in [-0.4, -0.2) is 32.4 Å². The van der Waals surface area contributed by atoms with E-state index in [9.17, 15) is 26.4 Å². The molecule has 5 nitrogen and oxygen atoms in total. The van der Waals surface area contributed by atoms with Crippen LogP contribution in [-0.2, 0) is 19.1 Å². The molecule has 1 saturated carbocycles. The van der Waals surface area contributed by atoms with Crippen molar-refractivity contribution >= 4 is 16.1 Å². The topological polar surface area (TPSA) is 86.5 Å². The third-order valence-corrected chi connectivity index (χ3v) is 4.05. The van der Waals surface area contributed by atoms with Gasteiger partial charge in [-0.3, -0.25) is 0 Å². The van der Waals surface area contributed by atoms with Crippen LogP contribution in [0.1, 0.15) is 25.7 Å². The van der Waals surface area contributed by atoms with Crippen LogP contribution in [0.3, 0.4) is 0 Å². The molecule has 0 unspecified atom stereocenters. The van der Waals surface area contributed by atoms with E-state index in [-0.39, 0.29) is 12.0 Å². The van der Waals surface area contributed by atoms with Crippen LogP contribution >= 0.6 is 0 Å². The Hall–Kier alpha value is -0.830. The van der Waals surface area contributed by atoms with Crippen LogP contribution in [0.25, 0.3) is 0 Å². The molecular weight excluding hydrogens is 275 g/mol. The Balaban J connectivity index is 2.53. The lowest BCUT2D eigenvalue weighted by molar-refractivity contribution is -0.189. The molecule has 0 bridgehead atoms. The lowest BCUT2D eigenvalue weighted by Crippen LogP contribution is -2.33. The largest absolute Gasteiger partial charge is 0.492 e. The molecule has 0 heterocycles. The highest BCUT2D eigenvalue weighted by Gasteiger charge is 2.44.